The molecule has 13 heavy (non-hydrogen) atoms. The zero-order chi connectivity index (χ0) is 9.68. The molecule has 0 saturated heterocycles. The van der Waals surface area contributed by atoms with Crippen LogP contribution in [0.25, 0.3) is 0 Å². The monoisotopic (exact) mass is 219 g/mol. The second kappa shape index (κ2) is 5.14. The smallest absolute Gasteiger partial charge is 0.151 e. The Balaban J connectivity index is 2.37. The Morgan fingerprint density at radius 3 is 2.85 bits per heavy atom. The van der Waals surface area contributed by atoms with Crippen LogP contribution in [0.4, 0.5) is 5.82 Å². The molecule has 0 fully saturated rings. The lowest BCUT2D eigenvalue weighted by molar-refractivity contribution is 0.687. The molecule has 0 aliphatic rings. The van der Waals surface area contributed by atoms with Gasteiger partial charge < -0.3 is 5.32 Å². The summed E-state index contributed by atoms with van der Waals surface area (Å²) in [5.74, 6) is 1.25. The van der Waals surface area contributed by atoms with Crippen molar-refractivity contribution in [2.24, 2.45) is 0 Å². The molecule has 0 radical (unpaired) electrons. The van der Waals surface area contributed by atoms with Gasteiger partial charge in [0.25, 0.3) is 0 Å². The first-order valence-electron chi connectivity index (χ1n) is 3.71. The highest BCUT2D eigenvalue weighted by Gasteiger charge is 1.95. The van der Waals surface area contributed by atoms with Crippen molar-refractivity contribution >= 4 is 28.2 Å². The van der Waals surface area contributed by atoms with E-state index in [9.17, 15) is 4.21 Å². The summed E-state index contributed by atoms with van der Waals surface area (Å²) < 4.78 is 10.7. The Hall–Kier alpha value is -0.680. The van der Waals surface area contributed by atoms with Crippen LogP contribution in [0, 0.1) is 0 Å². The van der Waals surface area contributed by atoms with Crippen molar-refractivity contribution < 1.29 is 4.21 Å². The lowest BCUT2D eigenvalue weighted by atomic mass is 10.5. The molecular weight excluding hydrogens is 210 g/mol. The normalized spacial score (nSPS) is 12.5. The van der Waals surface area contributed by atoms with E-state index in [2.05, 4.69) is 15.5 Å². The number of nitrogens with zero attached hydrogens (tertiary/aromatic N) is 2. The summed E-state index contributed by atoms with van der Waals surface area (Å²) in [6.07, 6.45) is 1.66. The van der Waals surface area contributed by atoms with Crippen LogP contribution >= 0.6 is 11.6 Å². The molecule has 4 nitrogen and oxygen atoms in total. The zero-order valence-electron chi connectivity index (χ0n) is 7.16. The second-order valence-corrected chi connectivity index (χ2v) is 4.39. The van der Waals surface area contributed by atoms with E-state index in [0.717, 1.165) is 0 Å². The summed E-state index contributed by atoms with van der Waals surface area (Å²) in [6, 6.07) is 3.38. The molecule has 0 bridgehead atoms. The van der Waals surface area contributed by atoms with Gasteiger partial charge in [-0.25, -0.2) is 0 Å². The van der Waals surface area contributed by atoms with Gasteiger partial charge in [0.15, 0.2) is 5.15 Å². The van der Waals surface area contributed by atoms with Crippen LogP contribution in [-0.2, 0) is 10.8 Å². The molecule has 0 aliphatic heterocycles. The highest BCUT2D eigenvalue weighted by Crippen LogP contribution is 2.05. The number of nitrogens with one attached hydrogen (secondary N) is 1. The van der Waals surface area contributed by atoms with Crippen molar-refractivity contribution in [2.45, 2.75) is 0 Å². The molecular formula is C7H10ClN3OS. The van der Waals surface area contributed by atoms with Crippen LogP contribution in [0.2, 0.25) is 5.15 Å². The Kier molecular flexibility index (Phi) is 4.11. The molecule has 1 aromatic rings. The maximum Gasteiger partial charge on any atom is 0.151 e. The van der Waals surface area contributed by atoms with E-state index in [1.54, 1.807) is 18.4 Å². The second-order valence-electron chi connectivity index (χ2n) is 2.45. The molecule has 0 spiro atoms. The molecule has 0 aromatic carbocycles. The Bertz CT molecular complexity index is 290. The highest BCUT2D eigenvalue weighted by molar-refractivity contribution is 7.84. The number of rotatable bonds is 4. The SMILES string of the molecule is CS(=O)CCNc1ccc(Cl)nn1. The van der Waals surface area contributed by atoms with Crippen LogP contribution in [0.15, 0.2) is 12.1 Å². The predicted molar refractivity (Wildman–Crippen MR) is 54.5 cm³/mol. The van der Waals surface area contributed by atoms with Gasteiger partial charge in [0.05, 0.1) is 0 Å². The molecule has 6 heteroatoms. The molecule has 0 amide bonds. The van der Waals surface area contributed by atoms with Crippen molar-refractivity contribution in [3.05, 3.63) is 17.3 Å². The topological polar surface area (TPSA) is 54.9 Å². The van der Waals surface area contributed by atoms with Gasteiger partial charge in [-0.2, -0.15) is 0 Å². The molecule has 1 unspecified atom stereocenters. The van der Waals surface area contributed by atoms with E-state index in [0.29, 0.717) is 23.3 Å². The highest BCUT2D eigenvalue weighted by atomic mass is 35.5. The fourth-order valence-electron chi connectivity index (χ4n) is 0.733. The summed E-state index contributed by atoms with van der Waals surface area (Å²) in [5, 5.41) is 10.8. The number of hydrogen-bond acceptors (Lipinski definition) is 4. The molecule has 1 heterocycles. The average molecular weight is 220 g/mol. The number of hydrogen-bond donors (Lipinski definition) is 1. The third-order valence-electron chi connectivity index (χ3n) is 1.33. The molecule has 0 aliphatic carbocycles. The van der Waals surface area contributed by atoms with E-state index in [1.807, 2.05) is 0 Å². The lowest BCUT2D eigenvalue weighted by Crippen LogP contribution is -2.10. The minimum atomic E-state index is -0.780. The maximum absolute atomic E-state index is 10.7. The molecule has 1 aromatic heterocycles. The van der Waals surface area contributed by atoms with E-state index in [4.69, 9.17) is 11.6 Å². The van der Waals surface area contributed by atoms with Crippen molar-refractivity contribution in [3.8, 4) is 0 Å². The van der Waals surface area contributed by atoms with Crippen molar-refractivity contribution in [1.82, 2.24) is 10.2 Å². The Morgan fingerprint density at radius 2 is 2.31 bits per heavy atom. The van der Waals surface area contributed by atoms with Gasteiger partial charge in [-0.3, -0.25) is 4.21 Å². The van der Waals surface area contributed by atoms with Crippen LogP contribution in [0.3, 0.4) is 0 Å². The lowest BCUT2D eigenvalue weighted by Gasteiger charge is -2.02. The molecule has 72 valence electrons. The Morgan fingerprint density at radius 1 is 1.54 bits per heavy atom. The first-order valence-corrected chi connectivity index (χ1v) is 5.82. The van der Waals surface area contributed by atoms with E-state index in [-0.39, 0.29) is 0 Å². The third kappa shape index (κ3) is 4.19. The van der Waals surface area contributed by atoms with Crippen molar-refractivity contribution in [1.29, 1.82) is 0 Å². The third-order valence-corrected chi connectivity index (χ3v) is 2.31. The summed E-state index contributed by atoms with van der Waals surface area (Å²) in [5.41, 5.74) is 0. The first-order chi connectivity index (χ1) is 6.18. The van der Waals surface area contributed by atoms with Gasteiger partial charge in [-0.1, -0.05) is 11.6 Å². The van der Waals surface area contributed by atoms with E-state index < -0.39 is 10.8 Å². The summed E-state index contributed by atoms with van der Waals surface area (Å²) in [4.78, 5) is 0. The Labute approximate surface area is 84.2 Å². The van der Waals surface area contributed by atoms with Crippen molar-refractivity contribution in [2.75, 3.05) is 23.9 Å². The van der Waals surface area contributed by atoms with Gasteiger partial charge >= 0.3 is 0 Å². The number of aromatic nitrogens is 2. The van der Waals surface area contributed by atoms with Gasteiger partial charge in [0, 0.05) is 29.4 Å². The number of anilines is 1. The fraction of sp³-hybridized carbons (Fsp3) is 0.429. The minimum absolute atomic E-state index is 0.365. The number of halogens is 1. The van der Waals surface area contributed by atoms with Gasteiger partial charge in [-0.05, 0) is 12.1 Å². The quantitative estimate of drug-likeness (QED) is 0.819. The standard InChI is InChI=1S/C7H10ClN3OS/c1-13(12)5-4-9-7-3-2-6(8)10-11-7/h2-3H,4-5H2,1H3,(H,9,11). The predicted octanol–water partition coefficient (Wildman–Crippen LogP) is 0.920. The molecule has 1 atom stereocenters. The van der Waals surface area contributed by atoms with Crippen LogP contribution in [0.1, 0.15) is 0 Å². The summed E-state index contributed by atoms with van der Waals surface area (Å²) in [7, 11) is -0.780. The fourth-order valence-corrected chi connectivity index (χ4v) is 1.22. The molecule has 1 N–H and O–H groups in total. The van der Waals surface area contributed by atoms with Gasteiger partial charge in [0.1, 0.15) is 5.82 Å². The largest absolute Gasteiger partial charge is 0.368 e. The molecule has 1 rings (SSSR count). The summed E-state index contributed by atoms with van der Waals surface area (Å²) >= 11 is 5.55. The average Bonchev–Trinajstić information content (AvgIpc) is 2.08. The van der Waals surface area contributed by atoms with Crippen LogP contribution in [-0.4, -0.2) is 33.0 Å². The zero-order valence-corrected chi connectivity index (χ0v) is 8.73. The van der Waals surface area contributed by atoms with E-state index in [1.165, 1.54) is 0 Å². The minimum Gasteiger partial charge on any atom is -0.368 e. The van der Waals surface area contributed by atoms with Crippen LogP contribution < -0.4 is 5.32 Å². The van der Waals surface area contributed by atoms with E-state index >= 15 is 0 Å². The maximum atomic E-state index is 10.7. The molecule has 0 saturated carbocycles. The first kappa shape index (κ1) is 10.4. The van der Waals surface area contributed by atoms with Gasteiger partial charge in [0.2, 0.25) is 0 Å². The van der Waals surface area contributed by atoms with Gasteiger partial charge in [-0.15, -0.1) is 10.2 Å². The summed E-state index contributed by atoms with van der Waals surface area (Å²) in [6.45, 7) is 0.624. The van der Waals surface area contributed by atoms with Crippen molar-refractivity contribution in [3.63, 3.8) is 0 Å². The van der Waals surface area contributed by atoms with Crippen LogP contribution in [0.5, 0.6) is 0 Å².